The molecule has 0 aliphatic rings. The minimum atomic E-state index is -1.10. The van der Waals surface area contributed by atoms with Crippen LogP contribution in [-0.4, -0.2) is 26.5 Å². The van der Waals surface area contributed by atoms with Crippen molar-refractivity contribution >= 4 is 22.9 Å². The number of rotatable bonds is 5. The Morgan fingerprint density at radius 2 is 1.62 bits per heavy atom. The van der Waals surface area contributed by atoms with Gasteiger partial charge in [-0.05, 0) is 34.9 Å². The maximum atomic E-state index is 12.4. The number of nitrogens with one attached hydrogen (secondary N) is 1. The molecule has 0 unspecified atom stereocenters. The minimum absolute atomic E-state index is 0.0628. The highest BCUT2D eigenvalue weighted by Gasteiger charge is 2.16. The number of aromatic nitrogens is 2. The molecule has 1 aromatic heterocycles. The second kappa shape index (κ2) is 7.12. The van der Waals surface area contributed by atoms with Crippen LogP contribution in [0.4, 0.5) is 0 Å². The number of aromatic carboxylic acids is 1. The van der Waals surface area contributed by atoms with E-state index in [0.29, 0.717) is 16.6 Å². The van der Waals surface area contributed by atoms with Gasteiger partial charge in [-0.15, -0.1) is 0 Å². The number of nitrogens with two attached hydrogens (primary N) is 1. The molecule has 0 saturated heterocycles. The zero-order valence-electron chi connectivity index (χ0n) is 15.3. The number of hydrogen-bond acceptors (Lipinski definition) is 3. The molecule has 0 bridgehead atoms. The number of amides is 1. The number of nitrogens with zero attached hydrogens (tertiary/aromatic N) is 1. The van der Waals surface area contributed by atoms with Crippen molar-refractivity contribution < 1.29 is 14.7 Å². The van der Waals surface area contributed by atoms with Crippen LogP contribution in [0.25, 0.3) is 22.2 Å². The van der Waals surface area contributed by atoms with Gasteiger partial charge in [0.05, 0.1) is 23.1 Å². The quantitative estimate of drug-likeness (QED) is 0.488. The van der Waals surface area contributed by atoms with Crippen molar-refractivity contribution in [1.82, 2.24) is 9.55 Å². The van der Waals surface area contributed by atoms with Gasteiger partial charge in [0.25, 0.3) is 0 Å². The predicted octanol–water partition coefficient (Wildman–Crippen LogP) is 2.84. The van der Waals surface area contributed by atoms with Crippen LogP contribution in [0.15, 0.2) is 71.5 Å². The molecule has 4 rings (SSSR count). The Balaban J connectivity index is 1.73. The first-order valence-electron chi connectivity index (χ1n) is 8.88. The van der Waals surface area contributed by atoms with Crippen molar-refractivity contribution in [3.63, 3.8) is 0 Å². The molecule has 3 aromatic carbocycles. The first kappa shape index (κ1) is 18.2. The zero-order valence-corrected chi connectivity index (χ0v) is 15.3. The molecule has 0 fully saturated rings. The number of carbonyl (C=O) groups is 2. The molecule has 1 heterocycles. The Morgan fingerprint density at radius 3 is 2.31 bits per heavy atom. The minimum Gasteiger partial charge on any atom is -0.478 e. The van der Waals surface area contributed by atoms with E-state index in [4.69, 9.17) is 5.73 Å². The fourth-order valence-electron chi connectivity index (χ4n) is 3.46. The number of H-pyrrole nitrogens is 1. The van der Waals surface area contributed by atoms with Crippen molar-refractivity contribution in [2.24, 2.45) is 5.73 Å². The number of carboxylic acid groups (broad SMARTS) is 1. The molecule has 0 radical (unpaired) electrons. The SMILES string of the molecule is NC(=O)c1ccccc1-c1ccc(Cn2c(=O)[nH]c3cccc(C(=O)O)c32)cc1. The number of aromatic amines is 1. The summed E-state index contributed by atoms with van der Waals surface area (Å²) >= 11 is 0. The normalized spacial score (nSPS) is 10.9. The average Bonchev–Trinajstić information content (AvgIpc) is 3.03. The van der Waals surface area contributed by atoms with Crippen LogP contribution in [0.2, 0.25) is 0 Å². The second-order valence-corrected chi connectivity index (χ2v) is 6.63. The summed E-state index contributed by atoms with van der Waals surface area (Å²) in [5.74, 6) is -1.60. The highest BCUT2D eigenvalue weighted by molar-refractivity contribution is 6.01. The standard InChI is InChI=1S/C22H17N3O4/c23-20(26)16-5-2-1-4-15(16)14-10-8-13(9-11-14)12-25-19-17(21(27)28)6-3-7-18(19)24-22(25)29/h1-11H,12H2,(H2,23,26)(H,24,29)(H,27,28). The third-order valence-corrected chi connectivity index (χ3v) is 4.82. The van der Waals surface area contributed by atoms with E-state index in [1.807, 2.05) is 36.4 Å². The van der Waals surface area contributed by atoms with Crippen LogP contribution in [0.5, 0.6) is 0 Å². The molecule has 0 spiro atoms. The van der Waals surface area contributed by atoms with Crippen molar-refractivity contribution in [3.05, 3.63) is 93.9 Å². The monoisotopic (exact) mass is 387 g/mol. The molecule has 0 atom stereocenters. The van der Waals surface area contributed by atoms with Gasteiger partial charge in [0, 0.05) is 5.56 Å². The molecular formula is C22H17N3O4. The van der Waals surface area contributed by atoms with Crippen molar-refractivity contribution in [2.45, 2.75) is 6.54 Å². The summed E-state index contributed by atoms with van der Waals surface area (Å²) in [4.78, 5) is 38.3. The van der Waals surface area contributed by atoms with Crippen LogP contribution in [0, 0.1) is 0 Å². The van der Waals surface area contributed by atoms with Crippen LogP contribution < -0.4 is 11.4 Å². The van der Waals surface area contributed by atoms with E-state index in [0.717, 1.165) is 16.7 Å². The molecule has 29 heavy (non-hydrogen) atoms. The van der Waals surface area contributed by atoms with Gasteiger partial charge in [-0.1, -0.05) is 48.5 Å². The van der Waals surface area contributed by atoms with E-state index in [1.54, 1.807) is 24.3 Å². The summed E-state index contributed by atoms with van der Waals surface area (Å²) < 4.78 is 1.41. The Labute approximate surface area is 165 Å². The van der Waals surface area contributed by atoms with Crippen LogP contribution >= 0.6 is 0 Å². The van der Waals surface area contributed by atoms with Gasteiger partial charge in [0.15, 0.2) is 0 Å². The number of carboxylic acids is 1. The number of para-hydroxylation sites is 1. The van der Waals surface area contributed by atoms with Crippen LogP contribution in [0.1, 0.15) is 26.3 Å². The maximum Gasteiger partial charge on any atom is 0.337 e. The molecule has 7 heteroatoms. The lowest BCUT2D eigenvalue weighted by Gasteiger charge is -2.09. The number of carbonyl (C=O) groups excluding carboxylic acids is 1. The Bertz CT molecular complexity index is 1300. The molecule has 4 N–H and O–H groups in total. The third kappa shape index (κ3) is 3.29. The maximum absolute atomic E-state index is 12.4. The van der Waals surface area contributed by atoms with E-state index in [1.165, 1.54) is 10.6 Å². The van der Waals surface area contributed by atoms with E-state index >= 15 is 0 Å². The van der Waals surface area contributed by atoms with E-state index < -0.39 is 11.9 Å². The summed E-state index contributed by atoms with van der Waals surface area (Å²) in [6.45, 7) is 0.209. The fourth-order valence-corrected chi connectivity index (χ4v) is 3.46. The largest absolute Gasteiger partial charge is 0.478 e. The molecule has 7 nitrogen and oxygen atoms in total. The third-order valence-electron chi connectivity index (χ3n) is 4.82. The summed E-state index contributed by atoms with van der Waals surface area (Å²) in [6.07, 6.45) is 0. The van der Waals surface area contributed by atoms with Crippen molar-refractivity contribution in [2.75, 3.05) is 0 Å². The van der Waals surface area contributed by atoms with Crippen molar-refractivity contribution in [3.8, 4) is 11.1 Å². The first-order valence-corrected chi connectivity index (χ1v) is 8.88. The topological polar surface area (TPSA) is 118 Å². The van der Waals surface area contributed by atoms with Crippen LogP contribution in [0.3, 0.4) is 0 Å². The van der Waals surface area contributed by atoms with Gasteiger partial charge in [-0.3, -0.25) is 9.36 Å². The summed E-state index contributed by atoms with van der Waals surface area (Å²) in [5, 5.41) is 9.45. The zero-order chi connectivity index (χ0) is 20.5. The Hall–Kier alpha value is -4.13. The molecule has 0 aliphatic carbocycles. The van der Waals surface area contributed by atoms with E-state index in [2.05, 4.69) is 4.98 Å². The van der Waals surface area contributed by atoms with E-state index in [9.17, 15) is 19.5 Å². The number of imidazole rings is 1. The van der Waals surface area contributed by atoms with Crippen molar-refractivity contribution in [1.29, 1.82) is 0 Å². The number of primary amides is 1. The fraction of sp³-hybridized carbons (Fsp3) is 0.0455. The summed E-state index contributed by atoms with van der Waals surface area (Å²) in [7, 11) is 0. The number of benzene rings is 3. The molecule has 0 saturated carbocycles. The Morgan fingerprint density at radius 1 is 0.931 bits per heavy atom. The molecule has 4 aromatic rings. The van der Waals surface area contributed by atoms with Gasteiger partial charge in [-0.2, -0.15) is 0 Å². The highest BCUT2D eigenvalue weighted by Crippen LogP contribution is 2.24. The summed E-state index contributed by atoms with van der Waals surface area (Å²) in [5.41, 5.74) is 8.75. The van der Waals surface area contributed by atoms with Gasteiger partial charge >= 0.3 is 11.7 Å². The molecule has 0 aliphatic heterocycles. The second-order valence-electron chi connectivity index (χ2n) is 6.63. The van der Waals surface area contributed by atoms with Crippen LogP contribution in [-0.2, 0) is 6.54 Å². The van der Waals surface area contributed by atoms with Gasteiger partial charge in [0.2, 0.25) is 5.91 Å². The smallest absolute Gasteiger partial charge is 0.337 e. The lowest BCUT2D eigenvalue weighted by atomic mass is 9.98. The number of hydrogen-bond donors (Lipinski definition) is 3. The van der Waals surface area contributed by atoms with Gasteiger partial charge in [-0.25, -0.2) is 9.59 Å². The van der Waals surface area contributed by atoms with Gasteiger partial charge < -0.3 is 15.8 Å². The predicted molar refractivity (Wildman–Crippen MR) is 109 cm³/mol. The number of fused-ring (bicyclic) bond motifs is 1. The molecule has 1 amide bonds. The average molecular weight is 387 g/mol. The summed E-state index contributed by atoms with van der Waals surface area (Å²) in [6, 6.07) is 19.2. The Kier molecular flexibility index (Phi) is 4.48. The first-order chi connectivity index (χ1) is 14.0. The highest BCUT2D eigenvalue weighted by atomic mass is 16.4. The van der Waals surface area contributed by atoms with Gasteiger partial charge in [0.1, 0.15) is 0 Å². The lowest BCUT2D eigenvalue weighted by molar-refractivity contribution is 0.0698. The molecule has 144 valence electrons. The molecular weight excluding hydrogens is 370 g/mol. The lowest BCUT2D eigenvalue weighted by Crippen LogP contribution is -2.18. The van der Waals surface area contributed by atoms with E-state index in [-0.39, 0.29) is 17.8 Å².